The molecule has 0 saturated heterocycles. The van der Waals surface area contributed by atoms with Crippen LogP contribution in [0.25, 0.3) is 16.6 Å². The van der Waals surface area contributed by atoms with E-state index in [2.05, 4.69) is 15.5 Å². The number of fused-ring (bicyclic) bond motifs is 1. The summed E-state index contributed by atoms with van der Waals surface area (Å²) in [4.78, 5) is 26.4. The highest BCUT2D eigenvalue weighted by molar-refractivity contribution is 7.09. The molecule has 0 radical (unpaired) electrons. The van der Waals surface area contributed by atoms with Crippen molar-refractivity contribution in [3.8, 4) is 5.69 Å². The Balaban J connectivity index is 1.67. The van der Waals surface area contributed by atoms with E-state index in [0.717, 1.165) is 10.6 Å². The van der Waals surface area contributed by atoms with Crippen LogP contribution in [0.3, 0.4) is 0 Å². The molecule has 4 aromatic rings. The molecule has 0 bridgehead atoms. The minimum absolute atomic E-state index is 0.146. The summed E-state index contributed by atoms with van der Waals surface area (Å²) in [7, 11) is 0. The van der Waals surface area contributed by atoms with Crippen molar-refractivity contribution in [2.24, 2.45) is 0 Å². The second-order valence-electron chi connectivity index (χ2n) is 6.60. The number of nitrogens with one attached hydrogen (secondary N) is 1. The Hall–Kier alpha value is -2.97. The molecule has 9 heteroatoms. The molecular weight excluding hydrogens is 410 g/mol. The lowest BCUT2D eigenvalue weighted by Crippen LogP contribution is -2.33. The van der Waals surface area contributed by atoms with E-state index in [1.807, 2.05) is 36.6 Å². The van der Waals surface area contributed by atoms with Crippen LogP contribution in [0.5, 0.6) is 0 Å². The minimum Gasteiger partial charge on any atom is -0.350 e. The molecule has 1 N–H and O–H groups in total. The van der Waals surface area contributed by atoms with E-state index >= 15 is 0 Å². The van der Waals surface area contributed by atoms with Gasteiger partial charge in [0, 0.05) is 9.90 Å². The summed E-state index contributed by atoms with van der Waals surface area (Å²) < 4.78 is 2.89. The maximum Gasteiger partial charge on any atom is 0.278 e. The topological polar surface area (TPSA) is 81.8 Å². The first-order valence-electron chi connectivity index (χ1n) is 8.96. The second kappa shape index (κ2) is 7.81. The van der Waals surface area contributed by atoms with E-state index < -0.39 is 0 Å². The number of nitrogens with zero attached hydrogens (tertiary/aromatic N) is 4. The van der Waals surface area contributed by atoms with Gasteiger partial charge in [0.2, 0.25) is 5.91 Å². The van der Waals surface area contributed by atoms with Crippen LogP contribution in [0.4, 0.5) is 0 Å². The number of carbonyl (C=O) groups is 1. The van der Waals surface area contributed by atoms with Gasteiger partial charge in [0.1, 0.15) is 12.1 Å². The number of carbonyl (C=O) groups excluding carboxylic acids is 1. The molecule has 0 saturated carbocycles. The van der Waals surface area contributed by atoms with Crippen molar-refractivity contribution < 1.29 is 4.79 Å². The zero-order valence-electron chi connectivity index (χ0n) is 15.8. The number of aryl methyl sites for hydroxylation is 2. The number of rotatable bonds is 5. The fourth-order valence-corrected chi connectivity index (χ4v) is 3.92. The van der Waals surface area contributed by atoms with Crippen molar-refractivity contribution in [2.45, 2.75) is 26.9 Å². The van der Waals surface area contributed by atoms with Gasteiger partial charge in [0.25, 0.3) is 5.56 Å². The molecule has 29 heavy (non-hydrogen) atoms. The summed E-state index contributed by atoms with van der Waals surface area (Å²) in [5, 5.41) is 14.7. The van der Waals surface area contributed by atoms with E-state index in [1.54, 1.807) is 35.1 Å². The fourth-order valence-electron chi connectivity index (χ4n) is 3.15. The van der Waals surface area contributed by atoms with E-state index in [0.29, 0.717) is 33.9 Å². The van der Waals surface area contributed by atoms with E-state index in [4.69, 9.17) is 11.6 Å². The highest BCUT2D eigenvalue weighted by Gasteiger charge is 2.18. The van der Waals surface area contributed by atoms with Crippen molar-refractivity contribution in [3.63, 3.8) is 0 Å². The highest BCUT2D eigenvalue weighted by atomic mass is 35.5. The maximum atomic E-state index is 13.0. The molecule has 1 amide bonds. The normalized spacial score (nSPS) is 11.1. The van der Waals surface area contributed by atoms with Crippen LogP contribution in [0.1, 0.15) is 16.3 Å². The SMILES string of the molecule is Cc1nn(CC(=O)NCc2cccs2)c(=O)c2c(C)n(-c3ccc(Cl)cc3)nc12. The van der Waals surface area contributed by atoms with Crippen LogP contribution >= 0.6 is 22.9 Å². The highest BCUT2D eigenvalue weighted by Crippen LogP contribution is 2.21. The fraction of sp³-hybridized carbons (Fsp3) is 0.200. The Bertz CT molecular complexity index is 1240. The average Bonchev–Trinajstić information content (AvgIpc) is 3.33. The molecule has 4 rings (SSSR count). The van der Waals surface area contributed by atoms with Crippen LogP contribution in [0, 0.1) is 13.8 Å². The summed E-state index contributed by atoms with van der Waals surface area (Å²) in [5.41, 5.74) is 2.25. The van der Waals surface area contributed by atoms with Crippen molar-refractivity contribution in [3.05, 3.63) is 73.4 Å². The van der Waals surface area contributed by atoms with Crippen molar-refractivity contribution in [1.82, 2.24) is 24.9 Å². The number of halogens is 1. The van der Waals surface area contributed by atoms with Gasteiger partial charge in [-0.25, -0.2) is 9.36 Å². The number of amides is 1. The molecule has 0 aliphatic carbocycles. The van der Waals surface area contributed by atoms with Gasteiger partial charge in [-0.2, -0.15) is 10.2 Å². The van der Waals surface area contributed by atoms with Gasteiger partial charge >= 0.3 is 0 Å². The van der Waals surface area contributed by atoms with Gasteiger partial charge in [-0.15, -0.1) is 11.3 Å². The molecule has 0 atom stereocenters. The van der Waals surface area contributed by atoms with Crippen LogP contribution in [0.15, 0.2) is 46.6 Å². The van der Waals surface area contributed by atoms with Crippen molar-refractivity contribution in [1.29, 1.82) is 0 Å². The van der Waals surface area contributed by atoms with Crippen molar-refractivity contribution >= 4 is 39.7 Å². The Kier molecular flexibility index (Phi) is 5.21. The maximum absolute atomic E-state index is 13.0. The van der Waals surface area contributed by atoms with Crippen LogP contribution in [0.2, 0.25) is 5.02 Å². The molecule has 7 nitrogen and oxygen atoms in total. The number of benzene rings is 1. The van der Waals surface area contributed by atoms with Crippen LogP contribution in [-0.4, -0.2) is 25.5 Å². The van der Waals surface area contributed by atoms with Gasteiger partial charge in [-0.3, -0.25) is 9.59 Å². The third-order valence-corrected chi connectivity index (χ3v) is 5.71. The van der Waals surface area contributed by atoms with E-state index in [-0.39, 0.29) is 18.0 Å². The smallest absolute Gasteiger partial charge is 0.278 e. The molecule has 148 valence electrons. The van der Waals surface area contributed by atoms with Gasteiger partial charge in [-0.05, 0) is 49.6 Å². The lowest BCUT2D eigenvalue weighted by Gasteiger charge is -2.07. The zero-order valence-corrected chi connectivity index (χ0v) is 17.4. The molecule has 3 heterocycles. The minimum atomic E-state index is -0.338. The lowest BCUT2D eigenvalue weighted by molar-refractivity contribution is -0.122. The largest absolute Gasteiger partial charge is 0.350 e. The molecule has 3 aromatic heterocycles. The predicted octanol–water partition coefficient (Wildman–Crippen LogP) is 3.23. The zero-order chi connectivity index (χ0) is 20.5. The van der Waals surface area contributed by atoms with Crippen LogP contribution < -0.4 is 10.9 Å². The van der Waals surface area contributed by atoms with Gasteiger partial charge in [0.05, 0.1) is 29.0 Å². The number of hydrogen-bond acceptors (Lipinski definition) is 5. The number of aromatic nitrogens is 4. The van der Waals surface area contributed by atoms with Gasteiger partial charge in [-0.1, -0.05) is 17.7 Å². The summed E-state index contributed by atoms with van der Waals surface area (Å²) in [6.07, 6.45) is 0. The molecule has 1 aromatic carbocycles. The first-order chi connectivity index (χ1) is 13.9. The molecule has 0 aliphatic rings. The molecular formula is C20H18ClN5O2S. The van der Waals surface area contributed by atoms with E-state index in [1.165, 1.54) is 4.68 Å². The summed E-state index contributed by atoms with van der Waals surface area (Å²) in [6, 6.07) is 11.1. The molecule has 0 spiro atoms. The molecule has 0 fully saturated rings. The number of hydrogen-bond donors (Lipinski definition) is 1. The number of thiophene rings is 1. The predicted molar refractivity (Wildman–Crippen MR) is 114 cm³/mol. The molecule has 0 unspecified atom stereocenters. The lowest BCUT2D eigenvalue weighted by atomic mass is 10.2. The summed E-state index contributed by atoms with van der Waals surface area (Å²) in [5.74, 6) is -0.269. The van der Waals surface area contributed by atoms with E-state index in [9.17, 15) is 9.59 Å². The standard InChI is InChI=1S/C20H18ClN5O2S/c1-12-19-18(13(2)26(24-19)15-7-5-14(21)6-8-15)20(28)25(23-12)11-17(27)22-10-16-4-3-9-29-16/h3-9H,10-11H2,1-2H3,(H,22,27). The summed E-state index contributed by atoms with van der Waals surface area (Å²) in [6.45, 7) is 3.89. The quantitative estimate of drug-likeness (QED) is 0.530. The second-order valence-corrected chi connectivity index (χ2v) is 8.07. The third kappa shape index (κ3) is 3.81. The molecule has 0 aliphatic heterocycles. The summed E-state index contributed by atoms with van der Waals surface area (Å²) >= 11 is 7.53. The Morgan fingerprint density at radius 2 is 1.93 bits per heavy atom. The third-order valence-electron chi connectivity index (χ3n) is 4.58. The van der Waals surface area contributed by atoms with Gasteiger partial charge < -0.3 is 5.32 Å². The first-order valence-corrected chi connectivity index (χ1v) is 10.2. The van der Waals surface area contributed by atoms with Crippen molar-refractivity contribution in [2.75, 3.05) is 0 Å². The Labute approximate surface area is 175 Å². The average molecular weight is 428 g/mol. The van der Waals surface area contributed by atoms with Crippen LogP contribution in [-0.2, 0) is 17.9 Å². The monoisotopic (exact) mass is 427 g/mol. The Morgan fingerprint density at radius 3 is 2.62 bits per heavy atom. The Morgan fingerprint density at radius 1 is 1.17 bits per heavy atom. The first kappa shape index (κ1) is 19.4. The van der Waals surface area contributed by atoms with Gasteiger partial charge in [0.15, 0.2) is 0 Å².